The Labute approximate surface area is 114 Å². The molecular weight excluding hydrogens is 269 g/mol. The fourth-order valence-electron chi connectivity index (χ4n) is 1.42. The van der Waals surface area contributed by atoms with Crippen molar-refractivity contribution in [3.05, 3.63) is 35.1 Å². The van der Waals surface area contributed by atoms with Gasteiger partial charge in [-0.3, -0.25) is 0 Å². The van der Waals surface area contributed by atoms with Crippen LogP contribution < -0.4 is 5.32 Å². The van der Waals surface area contributed by atoms with E-state index in [1.54, 1.807) is 11.6 Å². The van der Waals surface area contributed by atoms with E-state index in [1.807, 2.05) is 6.07 Å². The number of nitrogens with one attached hydrogen (secondary N) is 1. The number of aromatic nitrogens is 2. The van der Waals surface area contributed by atoms with Gasteiger partial charge in [-0.15, -0.1) is 10.2 Å². The smallest absolute Gasteiger partial charge is 0.178 e. The van der Waals surface area contributed by atoms with Crippen molar-refractivity contribution in [1.29, 1.82) is 0 Å². The SMILES string of the molecule is CC(C)NCc1cccc(F)c1Sc1nncs1. The van der Waals surface area contributed by atoms with Crippen molar-refractivity contribution >= 4 is 23.1 Å². The van der Waals surface area contributed by atoms with E-state index in [9.17, 15) is 4.39 Å². The lowest BCUT2D eigenvalue weighted by Crippen LogP contribution is -2.22. The van der Waals surface area contributed by atoms with Crippen LogP contribution in [0.5, 0.6) is 0 Å². The van der Waals surface area contributed by atoms with Crippen molar-refractivity contribution in [1.82, 2.24) is 15.5 Å². The fraction of sp³-hybridized carbons (Fsp3) is 0.333. The molecular formula is C12H14FN3S2. The van der Waals surface area contributed by atoms with Gasteiger partial charge >= 0.3 is 0 Å². The molecule has 0 fully saturated rings. The standard InChI is InChI=1S/C12H14FN3S2/c1-8(2)14-6-9-4-3-5-10(13)11(9)18-12-16-15-7-17-12/h3-5,7-8,14H,6H2,1-2H3. The number of benzene rings is 1. The minimum Gasteiger partial charge on any atom is -0.310 e. The van der Waals surface area contributed by atoms with E-state index in [4.69, 9.17) is 0 Å². The van der Waals surface area contributed by atoms with E-state index in [0.717, 1.165) is 9.90 Å². The minimum absolute atomic E-state index is 0.210. The van der Waals surface area contributed by atoms with Crippen LogP contribution in [-0.2, 0) is 6.54 Å². The minimum atomic E-state index is -0.210. The first-order valence-corrected chi connectivity index (χ1v) is 7.31. The summed E-state index contributed by atoms with van der Waals surface area (Å²) in [5, 5.41) is 11.0. The van der Waals surface area contributed by atoms with E-state index >= 15 is 0 Å². The third kappa shape index (κ3) is 3.51. The summed E-state index contributed by atoms with van der Waals surface area (Å²) in [5.74, 6) is -0.210. The van der Waals surface area contributed by atoms with Crippen LogP contribution in [0.15, 0.2) is 32.9 Å². The zero-order chi connectivity index (χ0) is 13.0. The van der Waals surface area contributed by atoms with Crippen LogP contribution in [-0.4, -0.2) is 16.2 Å². The molecule has 2 rings (SSSR count). The van der Waals surface area contributed by atoms with Gasteiger partial charge in [-0.05, 0) is 11.6 Å². The zero-order valence-corrected chi connectivity index (χ0v) is 11.8. The normalized spacial score (nSPS) is 11.1. The van der Waals surface area contributed by atoms with Crippen LogP contribution in [0.4, 0.5) is 4.39 Å². The number of rotatable bonds is 5. The highest BCUT2D eigenvalue weighted by Gasteiger charge is 2.12. The maximum Gasteiger partial charge on any atom is 0.178 e. The first-order chi connectivity index (χ1) is 8.66. The molecule has 0 atom stereocenters. The summed E-state index contributed by atoms with van der Waals surface area (Å²) in [6, 6.07) is 5.51. The van der Waals surface area contributed by atoms with Crippen LogP contribution in [0.25, 0.3) is 0 Å². The highest BCUT2D eigenvalue weighted by atomic mass is 32.2. The number of hydrogen-bond donors (Lipinski definition) is 1. The Morgan fingerprint density at radius 3 is 2.94 bits per heavy atom. The Morgan fingerprint density at radius 2 is 2.28 bits per heavy atom. The largest absolute Gasteiger partial charge is 0.310 e. The van der Waals surface area contributed by atoms with Gasteiger partial charge in [0.1, 0.15) is 11.3 Å². The quantitative estimate of drug-likeness (QED) is 0.913. The van der Waals surface area contributed by atoms with Crippen LogP contribution in [0.3, 0.4) is 0 Å². The van der Waals surface area contributed by atoms with Crippen molar-refractivity contribution in [3.8, 4) is 0 Å². The van der Waals surface area contributed by atoms with Crippen molar-refractivity contribution < 1.29 is 4.39 Å². The summed E-state index contributed by atoms with van der Waals surface area (Å²) in [6.45, 7) is 4.78. The number of hydrogen-bond acceptors (Lipinski definition) is 5. The molecule has 18 heavy (non-hydrogen) atoms. The Morgan fingerprint density at radius 1 is 1.44 bits per heavy atom. The first kappa shape index (κ1) is 13.5. The molecule has 1 aromatic carbocycles. The summed E-state index contributed by atoms with van der Waals surface area (Å²) in [6.07, 6.45) is 0. The van der Waals surface area contributed by atoms with Gasteiger partial charge in [-0.25, -0.2) is 4.39 Å². The maximum atomic E-state index is 13.9. The lowest BCUT2D eigenvalue weighted by Gasteiger charge is -2.12. The predicted molar refractivity (Wildman–Crippen MR) is 72.4 cm³/mol. The Hall–Kier alpha value is -0.980. The van der Waals surface area contributed by atoms with Crippen LogP contribution in [0.2, 0.25) is 0 Å². The van der Waals surface area contributed by atoms with Gasteiger partial charge < -0.3 is 5.32 Å². The maximum absolute atomic E-state index is 13.9. The summed E-state index contributed by atoms with van der Waals surface area (Å²) in [4.78, 5) is 0.627. The molecule has 0 aliphatic rings. The Kier molecular flexibility index (Phi) is 4.68. The van der Waals surface area contributed by atoms with Gasteiger partial charge in [-0.2, -0.15) is 0 Å². The van der Waals surface area contributed by atoms with Gasteiger partial charge in [0.25, 0.3) is 0 Å². The first-order valence-electron chi connectivity index (χ1n) is 5.61. The summed E-state index contributed by atoms with van der Waals surface area (Å²) >= 11 is 2.74. The molecule has 1 N–H and O–H groups in total. The van der Waals surface area contributed by atoms with Crippen LogP contribution in [0, 0.1) is 5.82 Å². The third-order valence-electron chi connectivity index (χ3n) is 2.28. The molecule has 0 radical (unpaired) electrons. The molecule has 1 heterocycles. The molecule has 0 unspecified atom stereocenters. The van der Waals surface area contributed by atoms with Crippen molar-refractivity contribution in [3.63, 3.8) is 0 Å². The van der Waals surface area contributed by atoms with Crippen molar-refractivity contribution in [2.45, 2.75) is 35.7 Å². The molecule has 2 aromatic rings. The van der Waals surface area contributed by atoms with E-state index in [0.29, 0.717) is 17.5 Å². The second-order valence-corrected chi connectivity index (χ2v) is 6.16. The summed E-state index contributed by atoms with van der Waals surface area (Å²) in [7, 11) is 0. The molecule has 0 amide bonds. The molecule has 3 nitrogen and oxygen atoms in total. The Balaban J connectivity index is 2.21. The fourth-order valence-corrected chi connectivity index (χ4v) is 2.97. The molecule has 1 aromatic heterocycles. The van der Waals surface area contributed by atoms with Crippen molar-refractivity contribution in [2.24, 2.45) is 0 Å². The average Bonchev–Trinajstić information content (AvgIpc) is 2.82. The van der Waals surface area contributed by atoms with Crippen LogP contribution in [0.1, 0.15) is 19.4 Å². The molecule has 0 spiro atoms. The van der Waals surface area contributed by atoms with Gasteiger partial charge in [-0.1, -0.05) is 49.1 Å². The van der Waals surface area contributed by atoms with E-state index in [2.05, 4.69) is 29.4 Å². The predicted octanol–water partition coefficient (Wildman–Crippen LogP) is 3.33. The monoisotopic (exact) mass is 283 g/mol. The van der Waals surface area contributed by atoms with Crippen LogP contribution >= 0.6 is 23.1 Å². The molecule has 0 aliphatic heterocycles. The van der Waals surface area contributed by atoms with Gasteiger partial charge in [0, 0.05) is 12.6 Å². The average molecular weight is 283 g/mol. The summed E-state index contributed by atoms with van der Waals surface area (Å²) < 4.78 is 14.6. The molecule has 96 valence electrons. The topological polar surface area (TPSA) is 37.8 Å². The molecule has 0 saturated heterocycles. The van der Waals surface area contributed by atoms with E-state index < -0.39 is 0 Å². The molecule has 0 aliphatic carbocycles. The second kappa shape index (κ2) is 6.26. The van der Waals surface area contributed by atoms with E-state index in [-0.39, 0.29) is 5.82 Å². The molecule has 6 heteroatoms. The van der Waals surface area contributed by atoms with Gasteiger partial charge in [0.2, 0.25) is 0 Å². The lowest BCUT2D eigenvalue weighted by molar-refractivity contribution is 0.564. The zero-order valence-electron chi connectivity index (χ0n) is 10.2. The second-order valence-electron chi connectivity index (χ2n) is 4.07. The molecule has 0 bridgehead atoms. The number of nitrogens with zero attached hydrogens (tertiary/aromatic N) is 2. The third-order valence-corrected chi connectivity index (χ3v) is 4.22. The number of halogens is 1. The van der Waals surface area contributed by atoms with E-state index in [1.165, 1.54) is 29.2 Å². The lowest BCUT2D eigenvalue weighted by atomic mass is 10.2. The van der Waals surface area contributed by atoms with Crippen molar-refractivity contribution in [2.75, 3.05) is 0 Å². The van der Waals surface area contributed by atoms with Gasteiger partial charge in [0.15, 0.2) is 4.34 Å². The highest BCUT2D eigenvalue weighted by molar-refractivity contribution is 8.01. The molecule has 0 saturated carbocycles. The Bertz CT molecular complexity index is 500. The highest BCUT2D eigenvalue weighted by Crippen LogP contribution is 2.33. The van der Waals surface area contributed by atoms with Gasteiger partial charge in [0.05, 0.1) is 4.90 Å². The summed E-state index contributed by atoms with van der Waals surface area (Å²) in [5.41, 5.74) is 2.60.